The minimum Gasteiger partial charge on any atom is -0.493 e. The molecule has 0 spiro atoms. The van der Waals surface area contributed by atoms with Crippen molar-refractivity contribution < 1.29 is 14.3 Å². The number of carbonyl (C=O) groups excluding carboxylic acids is 1. The van der Waals surface area contributed by atoms with Crippen LogP contribution in [0.25, 0.3) is 11.2 Å². The molecule has 2 heterocycles. The van der Waals surface area contributed by atoms with Gasteiger partial charge in [-0.3, -0.25) is 4.79 Å². The molecular formula is C24H24N4O3. The Balaban J connectivity index is 1.50. The van der Waals surface area contributed by atoms with Crippen molar-refractivity contribution in [1.29, 1.82) is 0 Å². The lowest BCUT2D eigenvalue weighted by Crippen LogP contribution is -2.26. The average molecular weight is 416 g/mol. The number of nitrogens with one attached hydrogen (secondary N) is 1. The fraction of sp³-hybridized carbons (Fsp3) is 0.208. The van der Waals surface area contributed by atoms with E-state index in [0.29, 0.717) is 24.6 Å². The number of pyridine rings is 1. The lowest BCUT2D eigenvalue weighted by atomic mass is 10.1. The number of amides is 1. The van der Waals surface area contributed by atoms with Gasteiger partial charge in [0.1, 0.15) is 11.3 Å². The van der Waals surface area contributed by atoms with Gasteiger partial charge in [-0.15, -0.1) is 0 Å². The molecule has 0 fully saturated rings. The van der Waals surface area contributed by atoms with Crippen molar-refractivity contribution in [2.45, 2.75) is 19.5 Å². The molecule has 0 bridgehead atoms. The summed E-state index contributed by atoms with van der Waals surface area (Å²) in [6.45, 7) is 0.949. The SMILES string of the molecule is COc1ccc(CC(=O)NCc2nc3cccnc3n2Cc2ccccc2)cc1OC. The first-order valence-corrected chi connectivity index (χ1v) is 9.99. The molecule has 4 rings (SSSR count). The molecule has 0 aliphatic carbocycles. The molecule has 0 radical (unpaired) electrons. The zero-order valence-corrected chi connectivity index (χ0v) is 17.5. The Hall–Kier alpha value is -3.87. The molecule has 2 aromatic carbocycles. The predicted molar refractivity (Wildman–Crippen MR) is 118 cm³/mol. The van der Waals surface area contributed by atoms with E-state index in [0.717, 1.165) is 28.1 Å². The number of rotatable bonds is 8. The molecule has 0 atom stereocenters. The van der Waals surface area contributed by atoms with E-state index < -0.39 is 0 Å². The van der Waals surface area contributed by atoms with Gasteiger partial charge in [0.05, 0.1) is 33.7 Å². The van der Waals surface area contributed by atoms with Crippen LogP contribution in [0.2, 0.25) is 0 Å². The normalized spacial score (nSPS) is 10.8. The fourth-order valence-corrected chi connectivity index (χ4v) is 3.49. The summed E-state index contributed by atoms with van der Waals surface area (Å²) < 4.78 is 12.6. The van der Waals surface area contributed by atoms with E-state index in [1.807, 2.05) is 47.0 Å². The van der Waals surface area contributed by atoms with Crippen molar-refractivity contribution in [1.82, 2.24) is 19.9 Å². The summed E-state index contributed by atoms with van der Waals surface area (Å²) in [5.74, 6) is 1.90. The lowest BCUT2D eigenvalue weighted by molar-refractivity contribution is -0.120. The third kappa shape index (κ3) is 4.66. The summed E-state index contributed by atoms with van der Waals surface area (Å²) in [4.78, 5) is 21.8. The van der Waals surface area contributed by atoms with Gasteiger partial charge in [0.15, 0.2) is 17.1 Å². The average Bonchev–Trinajstić information content (AvgIpc) is 3.15. The first kappa shape index (κ1) is 20.4. The number of carbonyl (C=O) groups is 1. The molecule has 0 unspecified atom stereocenters. The standard InChI is InChI=1S/C24H24N4O3/c1-30-20-11-10-18(13-21(20)31-2)14-23(29)26-15-22-27-19-9-6-12-25-24(19)28(22)16-17-7-4-3-5-8-17/h3-13H,14-16H2,1-2H3,(H,26,29). The van der Waals surface area contributed by atoms with Crippen molar-refractivity contribution in [2.75, 3.05) is 14.2 Å². The molecule has 0 saturated heterocycles. The molecule has 0 saturated carbocycles. The van der Waals surface area contributed by atoms with Crippen molar-refractivity contribution in [3.63, 3.8) is 0 Å². The Kier molecular flexibility index (Phi) is 6.12. The van der Waals surface area contributed by atoms with Crippen LogP contribution in [0.3, 0.4) is 0 Å². The number of fused-ring (bicyclic) bond motifs is 1. The highest BCUT2D eigenvalue weighted by Crippen LogP contribution is 2.27. The molecule has 0 aliphatic rings. The summed E-state index contributed by atoms with van der Waals surface area (Å²) in [5, 5.41) is 2.98. The molecule has 7 heteroatoms. The van der Waals surface area contributed by atoms with Crippen LogP contribution in [-0.2, 0) is 24.3 Å². The second-order valence-electron chi connectivity index (χ2n) is 7.09. The van der Waals surface area contributed by atoms with Gasteiger partial charge in [-0.25, -0.2) is 9.97 Å². The minimum absolute atomic E-state index is 0.0986. The number of ether oxygens (including phenoxy) is 2. The van der Waals surface area contributed by atoms with E-state index in [-0.39, 0.29) is 12.3 Å². The second-order valence-corrected chi connectivity index (χ2v) is 7.09. The lowest BCUT2D eigenvalue weighted by Gasteiger charge is -2.11. The van der Waals surface area contributed by atoms with Crippen LogP contribution in [0.5, 0.6) is 11.5 Å². The molecule has 158 valence electrons. The first-order valence-electron chi connectivity index (χ1n) is 9.99. The van der Waals surface area contributed by atoms with Crippen molar-refractivity contribution in [3.8, 4) is 11.5 Å². The fourth-order valence-electron chi connectivity index (χ4n) is 3.49. The van der Waals surface area contributed by atoms with Crippen LogP contribution < -0.4 is 14.8 Å². The molecular weight excluding hydrogens is 392 g/mol. The third-order valence-corrected chi connectivity index (χ3v) is 5.02. The van der Waals surface area contributed by atoms with E-state index in [9.17, 15) is 4.79 Å². The van der Waals surface area contributed by atoms with Crippen LogP contribution in [0.4, 0.5) is 0 Å². The van der Waals surface area contributed by atoms with Gasteiger partial charge in [-0.05, 0) is 35.4 Å². The maximum Gasteiger partial charge on any atom is 0.224 e. The second kappa shape index (κ2) is 9.30. The Morgan fingerprint density at radius 2 is 1.77 bits per heavy atom. The largest absolute Gasteiger partial charge is 0.493 e. The Morgan fingerprint density at radius 1 is 0.968 bits per heavy atom. The van der Waals surface area contributed by atoms with Crippen molar-refractivity contribution in [3.05, 3.63) is 83.8 Å². The number of hydrogen-bond acceptors (Lipinski definition) is 5. The third-order valence-electron chi connectivity index (χ3n) is 5.02. The molecule has 4 aromatic rings. The van der Waals surface area contributed by atoms with E-state index in [4.69, 9.17) is 9.47 Å². The van der Waals surface area contributed by atoms with Gasteiger partial charge in [0.25, 0.3) is 0 Å². The highest BCUT2D eigenvalue weighted by Gasteiger charge is 2.14. The van der Waals surface area contributed by atoms with E-state index in [2.05, 4.69) is 27.4 Å². The summed E-state index contributed by atoms with van der Waals surface area (Å²) in [6, 6.07) is 19.4. The van der Waals surface area contributed by atoms with Gasteiger partial charge in [0, 0.05) is 6.20 Å². The highest BCUT2D eigenvalue weighted by atomic mass is 16.5. The molecule has 7 nitrogen and oxygen atoms in total. The number of imidazole rings is 1. The summed E-state index contributed by atoms with van der Waals surface area (Å²) in [7, 11) is 3.16. The molecule has 1 N–H and O–H groups in total. The van der Waals surface area contributed by atoms with Gasteiger partial charge in [-0.1, -0.05) is 36.4 Å². The smallest absolute Gasteiger partial charge is 0.224 e. The van der Waals surface area contributed by atoms with Crippen LogP contribution in [0.1, 0.15) is 17.0 Å². The van der Waals surface area contributed by atoms with Crippen LogP contribution in [-0.4, -0.2) is 34.7 Å². The van der Waals surface area contributed by atoms with Gasteiger partial charge in [0.2, 0.25) is 5.91 Å². The van der Waals surface area contributed by atoms with E-state index in [1.165, 1.54) is 0 Å². The number of hydrogen-bond donors (Lipinski definition) is 1. The van der Waals surface area contributed by atoms with Crippen molar-refractivity contribution >= 4 is 17.1 Å². The summed E-state index contributed by atoms with van der Waals surface area (Å²) in [5.41, 5.74) is 3.60. The Labute approximate surface area is 180 Å². The quantitative estimate of drug-likeness (QED) is 0.477. The number of methoxy groups -OCH3 is 2. The number of aromatic nitrogens is 3. The van der Waals surface area contributed by atoms with Crippen LogP contribution in [0.15, 0.2) is 66.9 Å². The predicted octanol–water partition coefficient (Wildman–Crippen LogP) is 3.36. The highest BCUT2D eigenvalue weighted by molar-refractivity contribution is 5.79. The Morgan fingerprint density at radius 3 is 2.55 bits per heavy atom. The Bertz CT molecular complexity index is 1190. The van der Waals surface area contributed by atoms with Gasteiger partial charge in [-0.2, -0.15) is 0 Å². The van der Waals surface area contributed by atoms with E-state index in [1.54, 1.807) is 26.5 Å². The van der Waals surface area contributed by atoms with Crippen LogP contribution >= 0.6 is 0 Å². The maximum absolute atomic E-state index is 12.6. The van der Waals surface area contributed by atoms with E-state index >= 15 is 0 Å². The molecule has 2 aromatic heterocycles. The maximum atomic E-state index is 12.6. The topological polar surface area (TPSA) is 78.3 Å². The zero-order chi connectivity index (χ0) is 21.6. The van der Waals surface area contributed by atoms with Crippen molar-refractivity contribution in [2.24, 2.45) is 0 Å². The molecule has 31 heavy (non-hydrogen) atoms. The molecule has 1 amide bonds. The summed E-state index contributed by atoms with van der Waals surface area (Å²) >= 11 is 0. The van der Waals surface area contributed by atoms with Gasteiger partial charge >= 0.3 is 0 Å². The first-order chi connectivity index (χ1) is 15.2. The van der Waals surface area contributed by atoms with Gasteiger partial charge < -0.3 is 19.4 Å². The van der Waals surface area contributed by atoms with Crippen LogP contribution in [0, 0.1) is 0 Å². The summed E-state index contributed by atoms with van der Waals surface area (Å²) in [6.07, 6.45) is 1.99. The number of benzene rings is 2. The zero-order valence-electron chi connectivity index (χ0n) is 17.5. The minimum atomic E-state index is -0.0986. The monoisotopic (exact) mass is 416 g/mol. The molecule has 0 aliphatic heterocycles. The number of nitrogens with zero attached hydrogens (tertiary/aromatic N) is 3.